The summed E-state index contributed by atoms with van der Waals surface area (Å²) in [6.07, 6.45) is 2.78. The second-order valence-corrected chi connectivity index (χ2v) is 7.25. The van der Waals surface area contributed by atoms with Gasteiger partial charge in [0, 0.05) is 19.1 Å². The molecule has 0 radical (unpaired) electrons. The van der Waals surface area contributed by atoms with Gasteiger partial charge in [0.15, 0.2) is 0 Å². The maximum atomic E-state index is 12.2. The van der Waals surface area contributed by atoms with E-state index >= 15 is 0 Å². The second-order valence-electron chi connectivity index (χ2n) is 7.25. The quantitative estimate of drug-likeness (QED) is 0.841. The molecule has 0 spiro atoms. The first kappa shape index (κ1) is 18.3. The van der Waals surface area contributed by atoms with Gasteiger partial charge in [-0.15, -0.1) is 0 Å². The highest BCUT2D eigenvalue weighted by Crippen LogP contribution is 2.22. The topological polar surface area (TPSA) is 65.4 Å². The molecule has 1 aliphatic heterocycles. The number of amides is 1. The Morgan fingerprint density at radius 1 is 1.46 bits per heavy atom. The number of ether oxygens (including phenoxy) is 1. The molecule has 0 saturated carbocycles. The molecule has 24 heavy (non-hydrogen) atoms. The SMILES string of the molecule is CC(C)(C)OC(=O)N1CCCC1CCNCc1cccc(C#N)c1. The number of nitrogens with zero attached hydrogens (tertiary/aromatic N) is 2. The maximum absolute atomic E-state index is 12.2. The van der Waals surface area contributed by atoms with Crippen LogP contribution in [0.4, 0.5) is 4.79 Å². The van der Waals surface area contributed by atoms with Crippen molar-refractivity contribution in [3.63, 3.8) is 0 Å². The predicted molar refractivity (Wildman–Crippen MR) is 93.4 cm³/mol. The van der Waals surface area contributed by atoms with E-state index in [0.717, 1.165) is 44.5 Å². The fourth-order valence-electron chi connectivity index (χ4n) is 2.95. The lowest BCUT2D eigenvalue weighted by atomic mass is 10.1. The molecule has 130 valence electrons. The summed E-state index contributed by atoms with van der Waals surface area (Å²) in [7, 11) is 0. The minimum Gasteiger partial charge on any atom is -0.444 e. The fourth-order valence-corrected chi connectivity index (χ4v) is 2.95. The molecule has 2 rings (SSSR count). The van der Waals surface area contributed by atoms with E-state index in [1.807, 2.05) is 43.9 Å². The number of nitrogens with one attached hydrogen (secondary N) is 1. The molecule has 1 N–H and O–H groups in total. The summed E-state index contributed by atoms with van der Waals surface area (Å²) in [4.78, 5) is 14.1. The van der Waals surface area contributed by atoms with Crippen LogP contribution in [0.3, 0.4) is 0 Å². The van der Waals surface area contributed by atoms with Crippen molar-refractivity contribution in [2.75, 3.05) is 13.1 Å². The van der Waals surface area contributed by atoms with Crippen molar-refractivity contribution in [2.24, 2.45) is 0 Å². The molecule has 1 aromatic rings. The summed E-state index contributed by atoms with van der Waals surface area (Å²) in [6.45, 7) is 8.03. The van der Waals surface area contributed by atoms with Gasteiger partial charge in [-0.25, -0.2) is 4.79 Å². The lowest BCUT2D eigenvalue weighted by molar-refractivity contribution is 0.0220. The fraction of sp³-hybridized carbons (Fsp3) is 0.579. The minimum absolute atomic E-state index is 0.202. The first-order valence-corrected chi connectivity index (χ1v) is 8.58. The van der Waals surface area contributed by atoms with Crippen LogP contribution in [0.2, 0.25) is 0 Å². The Balaban J connectivity index is 1.77. The van der Waals surface area contributed by atoms with Gasteiger partial charge in [0.25, 0.3) is 0 Å². The van der Waals surface area contributed by atoms with E-state index in [4.69, 9.17) is 10.00 Å². The van der Waals surface area contributed by atoms with E-state index in [0.29, 0.717) is 5.56 Å². The van der Waals surface area contributed by atoms with Crippen molar-refractivity contribution in [1.82, 2.24) is 10.2 Å². The third-order valence-electron chi connectivity index (χ3n) is 4.04. The lowest BCUT2D eigenvalue weighted by Gasteiger charge is -2.28. The smallest absolute Gasteiger partial charge is 0.410 e. The molecule has 1 aromatic carbocycles. The minimum atomic E-state index is -0.450. The van der Waals surface area contributed by atoms with Crippen LogP contribution >= 0.6 is 0 Å². The van der Waals surface area contributed by atoms with Gasteiger partial charge >= 0.3 is 6.09 Å². The highest BCUT2D eigenvalue weighted by atomic mass is 16.6. The van der Waals surface area contributed by atoms with Crippen LogP contribution in [-0.4, -0.2) is 35.7 Å². The highest BCUT2D eigenvalue weighted by molar-refractivity contribution is 5.68. The van der Waals surface area contributed by atoms with E-state index in [9.17, 15) is 4.79 Å². The number of benzene rings is 1. The van der Waals surface area contributed by atoms with Gasteiger partial charge in [0.05, 0.1) is 11.6 Å². The number of carbonyl (C=O) groups excluding carboxylic acids is 1. The van der Waals surface area contributed by atoms with E-state index in [-0.39, 0.29) is 12.1 Å². The summed E-state index contributed by atoms with van der Waals surface area (Å²) in [6, 6.07) is 10.0. The third-order valence-corrected chi connectivity index (χ3v) is 4.04. The normalized spacial score (nSPS) is 17.6. The first-order chi connectivity index (χ1) is 11.4. The molecule has 1 fully saturated rings. The zero-order valence-electron chi connectivity index (χ0n) is 14.8. The maximum Gasteiger partial charge on any atom is 0.410 e. The van der Waals surface area contributed by atoms with Crippen molar-refractivity contribution in [3.8, 4) is 6.07 Å². The number of nitriles is 1. The van der Waals surface area contributed by atoms with Crippen molar-refractivity contribution in [2.45, 2.75) is 58.2 Å². The number of carbonyl (C=O) groups is 1. The zero-order valence-corrected chi connectivity index (χ0v) is 14.8. The molecule has 1 unspecified atom stereocenters. The molecule has 5 nitrogen and oxygen atoms in total. The predicted octanol–water partition coefficient (Wildman–Crippen LogP) is 3.44. The molecular formula is C19H27N3O2. The van der Waals surface area contributed by atoms with Crippen molar-refractivity contribution in [3.05, 3.63) is 35.4 Å². The van der Waals surface area contributed by atoms with Crippen LogP contribution in [0.5, 0.6) is 0 Å². The summed E-state index contributed by atoms with van der Waals surface area (Å²) < 4.78 is 5.49. The Morgan fingerprint density at radius 2 is 2.25 bits per heavy atom. The number of rotatable bonds is 5. The van der Waals surface area contributed by atoms with E-state index in [1.54, 1.807) is 6.07 Å². The van der Waals surface area contributed by atoms with Crippen LogP contribution < -0.4 is 5.32 Å². The molecule has 0 aliphatic carbocycles. The van der Waals surface area contributed by atoms with E-state index in [1.165, 1.54) is 0 Å². The zero-order chi connectivity index (χ0) is 17.6. The summed E-state index contributed by atoms with van der Waals surface area (Å²) in [5, 5.41) is 12.3. The molecule has 0 bridgehead atoms. The largest absolute Gasteiger partial charge is 0.444 e. The summed E-state index contributed by atoms with van der Waals surface area (Å²) in [5.41, 5.74) is 1.33. The number of likely N-dealkylation sites (tertiary alicyclic amines) is 1. The van der Waals surface area contributed by atoms with Gasteiger partial charge < -0.3 is 15.0 Å². The van der Waals surface area contributed by atoms with Crippen molar-refractivity contribution in [1.29, 1.82) is 5.26 Å². The Bertz CT molecular complexity index is 601. The van der Waals surface area contributed by atoms with Crippen molar-refractivity contribution < 1.29 is 9.53 Å². The van der Waals surface area contributed by atoms with Crippen LogP contribution in [0.25, 0.3) is 0 Å². The molecule has 1 aliphatic rings. The number of hydrogen-bond donors (Lipinski definition) is 1. The van der Waals surface area contributed by atoms with Gasteiger partial charge in [0.2, 0.25) is 0 Å². The van der Waals surface area contributed by atoms with Crippen molar-refractivity contribution >= 4 is 6.09 Å². The van der Waals surface area contributed by atoms with Gasteiger partial charge in [-0.3, -0.25) is 0 Å². The van der Waals surface area contributed by atoms with Gasteiger partial charge in [0.1, 0.15) is 5.60 Å². The number of hydrogen-bond acceptors (Lipinski definition) is 4. The highest BCUT2D eigenvalue weighted by Gasteiger charge is 2.31. The summed E-state index contributed by atoms with van der Waals surface area (Å²) in [5.74, 6) is 0. The Kier molecular flexibility index (Phi) is 6.22. The molecule has 1 amide bonds. The van der Waals surface area contributed by atoms with Crippen LogP contribution in [0, 0.1) is 11.3 Å². The van der Waals surface area contributed by atoms with E-state index < -0.39 is 5.60 Å². The standard InChI is InChI=1S/C19H27N3O2/c1-19(2,3)24-18(23)22-11-5-8-17(22)9-10-21-14-16-7-4-6-15(12-16)13-20/h4,6-7,12,17,21H,5,8-11,14H2,1-3H3. The molecule has 1 heterocycles. The molecular weight excluding hydrogens is 302 g/mol. The van der Waals surface area contributed by atoms with Crippen LogP contribution in [-0.2, 0) is 11.3 Å². The average Bonchev–Trinajstić information content (AvgIpc) is 2.99. The third kappa shape index (κ3) is 5.54. The van der Waals surface area contributed by atoms with Gasteiger partial charge in [-0.1, -0.05) is 12.1 Å². The summed E-state index contributed by atoms with van der Waals surface area (Å²) >= 11 is 0. The Labute approximate surface area is 144 Å². The molecule has 0 aromatic heterocycles. The molecule has 1 saturated heterocycles. The average molecular weight is 329 g/mol. The first-order valence-electron chi connectivity index (χ1n) is 8.58. The molecule has 5 heteroatoms. The molecule has 1 atom stereocenters. The Hall–Kier alpha value is -2.06. The van der Waals surface area contributed by atoms with Gasteiger partial charge in [-0.05, 0) is 64.3 Å². The van der Waals surface area contributed by atoms with Gasteiger partial charge in [-0.2, -0.15) is 5.26 Å². The van der Waals surface area contributed by atoms with Crippen LogP contribution in [0.1, 0.15) is 51.2 Å². The van der Waals surface area contributed by atoms with Crippen LogP contribution in [0.15, 0.2) is 24.3 Å². The second kappa shape index (κ2) is 8.16. The monoisotopic (exact) mass is 329 g/mol. The lowest BCUT2D eigenvalue weighted by Crippen LogP contribution is -2.40. The Morgan fingerprint density at radius 3 is 2.96 bits per heavy atom. The van der Waals surface area contributed by atoms with E-state index in [2.05, 4.69) is 11.4 Å².